The first kappa shape index (κ1) is 14.3. The maximum atomic E-state index is 12.2. The first-order chi connectivity index (χ1) is 8.89. The van der Waals surface area contributed by atoms with Gasteiger partial charge in [-0.25, -0.2) is 13.6 Å². The number of nitrogens with two attached hydrogens (primary N) is 1. The standard InChI is InChI=1S/C11H14ClN3O3S/c12-9-2-1-8(7-10(9)19(13,17)18)11(16)15-5-3-14-4-6-15/h1-2,7,14H,3-6H2,(H2,13,17,18). The normalized spacial score (nSPS) is 16.4. The lowest BCUT2D eigenvalue weighted by Gasteiger charge is -2.27. The second-order valence-electron chi connectivity index (χ2n) is 4.23. The number of halogens is 1. The number of benzene rings is 1. The van der Waals surface area contributed by atoms with Crippen molar-refractivity contribution in [2.75, 3.05) is 26.2 Å². The SMILES string of the molecule is NS(=O)(=O)c1cc(C(=O)N2CCNCC2)ccc1Cl. The summed E-state index contributed by atoms with van der Waals surface area (Å²) in [7, 11) is -3.94. The zero-order valence-corrected chi connectivity index (χ0v) is 11.7. The molecule has 1 aliphatic rings. The van der Waals surface area contributed by atoms with E-state index >= 15 is 0 Å². The van der Waals surface area contributed by atoms with Crippen molar-refractivity contribution in [1.29, 1.82) is 0 Å². The molecule has 2 rings (SSSR count). The molecule has 1 fully saturated rings. The highest BCUT2D eigenvalue weighted by atomic mass is 35.5. The molecule has 0 bridgehead atoms. The van der Waals surface area contributed by atoms with Crippen molar-refractivity contribution in [1.82, 2.24) is 10.2 Å². The van der Waals surface area contributed by atoms with E-state index in [4.69, 9.17) is 16.7 Å². The lowest BCUT2D eigenvalue weighted by Crippen LogP contribution is -2.46. The Bertz CT molecular complexity index is 597. The third-order valence-corrected chi connectivity index (χ3v) is 4.28. The van der Waals surface area contributed by atoms with E-state index < -0.39 is 10.0 Å². The first-order valence-corrected chi connectivity index (χ1v) is 7.64. The average molecular weight is 304 g/mol. The fourth-order valence-corrected chi connectivity index (χ4v) is 2.98. The fraction of sp³-hybridized carbons (Fsp3) is 0.364. The molecule has 19 heavy (non-hydrogen) atoms. The quantitative estimate of drug-likeness (QED) is 0.806. The Morgan fingerprint density at radius 2 is 1.95 bits per heavy atom. The van der Waals surface area contributed by atoms with Crippen molar-refractivity contribution in [2.24, 2.45) is 5.14 Å². The summed E-state index contributed by atoms with van der Waals surface area (Å²) in [6.45, 7) is 2.63. The van der Waals surface area contributed by atoms with Gasteiger partial charge in [0.2, 0.25) is 10.0 Å². The number of amides is 1. The Labute approximate surface area is 116 Å². The lowest BCUT2D eigenvalue weighted by atomic mass is 10.2. The monoisotopic (exact) mass is 303 g/mol. The molecule has 1 amide bonds. The van der Waals surface area contributed by atoms with E-state index in [1.807, 2.05) is 0 Å². The predicted octanol–water partition coefficient (Wildman–Crippen LogP) is 0.0328. The van der Waals surface area contributed by atoms with Crippen LogP contribution < -0.4 is 10.5 Å². The van der Waals surface area contributed by atoms with Gasteiger partial charge in [-0.3, -0.25) is 4.79 Å². The largest absolute Gasteiger partial charge is 0.336 e. The van der Waals surface area contributed by atoms with Crippen molar-refractivity contribution in [3.05, 3.63) is 28.8 Å². The molecule has 6 nitrogen and oxygen atoms in total. The Kier molecular flexibility index (Phi) is 4.10. The van der Waals surface area contributed by atoms with E-state index in [0.29, 0.717) is 13.1 Å². The number of primary sulfonamides is 1. The minimum absolute atomic E-state index is 0.0133. The molecule has 1 saturated heterocycles. The topological polar surface area (TPSA) is 92.5 Å². The lowest BCUT2D eigenvalue weighted by molar-refractivity contribution is 0.0735. The van der Waals surface area contributed by atoms with Crippen LogP contribution in [0.25, 0.3) is 0 Å². The van der Waals surface area contributed by atoms with E-state index in [9.17, 15) is 13.2 Å². The molecule has 0 aromatic heterocycles. The summed E-state index contributed by atoms with van der Waals surface area (Å²) >= 11 is 5.78. The van der Waals surface area contributed by atoms with Gasteiger partial charge in [0.1, 0.15) is 4.90 Å². The minimum Gasteiger partial charge on any atom is -0.336 e. The minimum atomic E-state index is -3.94. The number of hydrogen-bond acceptors (Lipinski definition) is 4. The molecule has 0 saturated carbocycles. The number of carbonyl (C=O) groups excluding carboxylic acids is 1. The van der Waals surface area contributed by atoms with Gasteiger partial charge in [0.15, 0.2) is 0 Å². The summed E-state index contributed by atoms with van der Waals surface area (Å²) in [5, 5.41) is 8.21. The van der Waals surface area contributed by atoms with E-state index in [1.54, 1.807) is 4.90 Å². The third kappa shape index (κ3) is 3.24. The van der Waals surface area contributed by atoms with Crippen LogP contribution in [-0.4, -0.2) is 45.4 Å². The average Bonchev–Trinajstić information content (AvgIpc) is 2.38. The number of hydrogen-bond donors (Lipinski definition) is 2. The molecule has 0 radical (unpaired) electrons. The third-order valence-electron chi connectivity index (χ3n) is 2.89. The number of piperazine rings is 1. The Morgan fingerprint density at radius 3 is 2.53 bits per heavy atom. The number of rotatable bonds is 2. The highest BCUT2D eigenvalue weighted by Crippen LogP contribution is 2.22. The van der Waals surface area contributed by atoms with Gasteiger partial charge in [0, 0.05) is 31.7 Å². The van der Waals surface area contributed by atoms with E-state index in [-0.39, 0.29) is 21.4 Å². The van der Waals surface area contributed by atoms with Gasteiger partial charge in [0.25, 0.3) is 5.91 Å². The smallest absolute Gasteiger partial charge is 0.253 e. The molecule has 1 aromatic rings. The number of nitrogens with zero attached hydrogens (tertiary/aromatic N) is 1. The van der Waals surface area contributed by atoms with Gasteiger partial charge in [-0.2, -0.15) is 0 Å². The van der Waals surface area contributed by atoms with Crippen molar-refractivity contribution >= 4 is 27.5 Å². The summed E-state index contributed by atoms with van der Waals surface area (Å²) in [5.41, 5.74) is 0.273. The fourth-order valence-electron chi connectivity index (χ4n) is 1.90. The Balaban J connectivity index is 2.33. The molecule has 1 aromatic carbocycles. The van der Waals surface area contributed by atoms with Crippen molar-refractivity contribution in [2.45, 2.75) is 4.90 Å². The van der Waals surface area contributed by atoms with Crippen molar-refractivity contribution in [3.8, 4) is 0 Å². The van der Waals surface area contributed by atoms with Crippen molar-refractivity contribution in [3.63, 3.8) is 0 Å². The van der Waals surface area contributed by atoms with Crippen LogP contribution in [0.2, 0.25) is 5.02 Å². The van der Waals surface area contributed by atoms with Crippen molar-refractivity contribution < 1.29 is 13.2 Å². The molecule has 0 unspecified atom stereocenters. The molecule has 0 atom stereocenters. The maximum Gasteiger partial charge on any atom is 0.253 e. The summed E-state index contributed by atoms with van der Waals surface area (Å²) in [5.74, 6) is -0.219. The molecule has 1 heterocycles. The number of carbonyl (C=O) groups is 1. The van der Waals surface area contributed by atoms with Gasteiger partial charge >= 0.3 is 0 Å². The second kappa shape index (κ2) is 5.46. The molecule has 104 valence electrons. The van der Waals surface area contributed by atoms with Crippen LogP contribution in [0.1, 0.15) is 10.4 Å². The summed E-state index contributed by atoms with van der Waals surface area (Å²) in [6.07, 6.45) is 0. The Hall–Kier alpha value is -1.15. The van der Waals surface area contributed by atoms with Gasteiger partial charge in [-0.1, -0.05) is 11.6 Å². The highest BCUT2D eigenvalue weighted by molar-refractivity contribution is 7.89. The maximum absolute atomic E-state index is 12.2. The van der Waals surface area contributed by atoms with Crippen LogP contribution in [0.15, 0.2) is 23.1 Å². The summed E-state index contributed by atoms with van der Waals surface area (Å²) < 4.78 is 22.7. The van der Waals surface area contributed by atoms with Crippen LogP contribution >= 0.6 is 11.6 Å². The van der Waals surface area contributed by atoms with Gasteiger partial charge in [0.05, 0.1) is 5.02 Å². The zero-order valence-electron chi connectivity index (χ0n) is 10.1. The van der Waals surface area contributed by atoms with Crippen LogP contribution in [0, 0.1) is 0 Å². The highest BCUT2D eigenvalue weighted by Gasteiger charge is 2.21. The molecular formula is C11H14ClN3O3S. The summed E-state index contributed by atoms with van der Waals surface area (Å²) in [4.78, 5) is 13.6. The van der Waals surface area contributed by atoms with Gasteiger partial charge < -0.3 is 10.2 Å². The molecule has 8 heteroatoms. The van der Waals surface area contributed by atoms with Crippen LogP contribution in [0.5, 0.6) is 0 Å². The predicted molar refractivity (Wildman–Crippen MR) is 71.6 cm³/mol. The van der Waals surface area contributed by atoms with E-state index in [1.165, 1.54) is 18.2 Å². The molecular weight excluding hydrogens is 290 g/mol. The van der Waals surface area contributed by atoms with Gasteiger partial charge in [-0.05, 0) is 18.2 Å². The number of nitrogens with one attached hydrogen (secondary N) is 1. The van der Waals surface area contributed by atoms with Crippen LogP contribution in [0.4, 0.5) is 0 Å². The molecule has 1 aliphatic heterocycles. The first-order valence-electron chi connectivity index (χ1n) is 5.72. The second-order valence-corrected chi connectivity index (χ2v) is 6.17. The van der Waals surface area contributed by atoms with E-state index in [2.05, 4.69) is 5.32 Å². The number of sulfonamides is 1. The molecule has 3 N–H and O–H groups in total. The van der Waals surface area contributed by atoms with E-state index in [0.717, 1.165) is 13.1 Å². The van der Waals surface area contributed by atoms with Crippen LogP contribution in [0.3, 0.4) is 0 Å². The van der Waals surface area contributed by atoms with Crippen LogP contribution in [-0.2, 0) is 10.0 Å². The zero-order chi connectivity index (χ0) is 14.0. The Morgan fingerprint density at radius 1 is 1.32 bits per heavy atom. The summed E-state index contributed by atoms with van der Waals surface area (Å²) in [6, 6.07) is 4.10. The molecule has 0 spiro atoms. The molecule has 0 aliphatic carbocycles. The van der Waals surface area contributed by atoms with Gasteiger partial charge in [-0.15, -0.1) is 0 Å².